The maximum absolute atomic E-state index is 13.1. The summed E-state index contributed by atoms with van der Waals surface area (Å²) in [4.78, 5) is 25.3. The highest BCUT2D eigenvalue weighted by Gasteiger charge is 2.32. The summed E-state index contributed by atoms with van der Waals surface area (Å²) in [6.45, 7) is 4.60. The Morgan fingerprint density at radius 1 is 1.14 bits per heavy atom. The van der Waals surface area contributed by atoms with Gasteiger partial charge in [0.05, 0.1) is 10.2 Å². The second-order valence-corrected chi connectivity index (χ2v) is 7.38. The molecule has 8 heteroatoms. The summed E-state index contributed by atoms with van der Waals surface area (Å²) in [5.41, 5.74) is 1.75. The molecule has 0 saturated carbocycles. The number of hydrogen-bond acceptors (Lipinski definition) is 4. The van der Waals surface area contributed by atoms with Crippen molar-refractivity contribution in [2.24, 2.45) is 0 Å². The standard InChI is InChI=1S/C21H20FIN2O4/c1-3-25-20(26)17(24-21(25)27)10-14-9-16(23)19(18(11-14)28-4-2)29-12-13-5-7-15(22)8-6-13/h5-11H,3-4,12H2,1-2H3,(H,24,27)/b17-10+. The lowest BCUT2D eigenvalue weighted by Gasteiger charge is -2.15. The highest BCUT2D eigenvalue weighted by Crippen LogP contribution is 2.35. The number of rotatable bonds is 7. The summed E-state index contributed by atoms with van der Waals surface area (Å²) in [5, 5.41) is 2.58. The molecule has 0 aliphatic carbocycles. The highest BCUT2D eigenvalue weighted by molar-refractivity contribution is 14.1. The van der Waals surface area contributed by atoms with Crippen molar-refractivity contribution in [2.75, 3.05) is 13.2 Å². The average Bonchev–Trinajstić information content (AvgIpc) is 2.95. The quantitative estimate of drug-likeness (QED) is 0.343. The average molecular weight is 510 g/mol. The summed E-state index contributed by atoms with van der Waals surface area (Å²) in [6.07, 6.45) is 1.62. The first-order valence-electron chi connectivity index (χ1n) is 9.11. The van der Waals surface area contributed by atoms with Crippen LogP contribution in [0.3, 0.4) is 0 Å². The molecule has 1 aliphatic heterocycles. The van der Waals surface area contributed by atoms with Crippen LogP contribution < -0.4 is 14.8 Å². The van der Waals surface area contributed by atoms with Gasteiger partial charge in [0.25, 0.3) is 5.91 Å². The minimum Gasteiger partial charge on any atom is -0.490 e. The van der Waals surface area contributed by atoms with Crippen LogP contribution in [0, 0.1) is 9.39 Å². The van der Waals surface area contributed by atoms with Crippen molar-refractivity contribution >= 4 is 40.6 Å². The van der Waals surface area contributed by atoms with E-state index >= 15 is 0 Å². The summed E-state index contributed by atoms with van der Waals surface area (Å²) in [7, 11) is 0. The van der Waals surface area contributed by atoms with E-state index in [2.05, 4.69) is 27.9 Å². The van der Waals surface area contributed by atoms with Gasteiger partial charge in [0.15, 0.2) is 11.5 Å². The van der Waals surface area contributed by atoms with Crippen LogP contribution >= 0.6 is 22.6 Å². The molecule has 0 unspecified atom stereocenters. The normalized spacial score (nSPS) is 15.0. The van der Waals surface area contributed by atoms with Crippen LogP contribution in [0.15, 0.2) is 42.1 Å². The number of carbonyl (C=O) groups excluding carboxylic acids is 2. The van der Waals surface area contributed by atoms with Gasteiger partial charge in [0, 0.05) is 6.54 Å². The Morgan fingerprint density at radius 2 is 1.86 bits per heavy atom. The molecule has 1 fully saturated rings. The molecule has 3 amide bonds. The van der Waals surface area contributed by atoms with Crippen LogP contribution in [0.2, 0.25) is 0 Å². The summed E-state index contributed by atoms with van der Waals surface area (Å²) >= 11 is 2.13. The molecule has 2 aromatic rings. The fourth-order valence-electron chi connectivity index (χ4n) is 2.84. The van der Waals surface area contributed by atoms with Crippen LogP contribution in [0.4, 0.5) is 9.18 Å². The van der Waals surface area contributed by atoms with Gasteiger partial charge in [0.1, 0.15) is 18.1 Å². The number of amides is 3. The fraction of sp³-hybridized carbons (Fsp3) is 0.238. The van der Waals surface area contributed by atoms with Crippen molar-refractivity contribution in [3.8, 4) is 11.5 Å². The number of ether oxygens (including phenoxy) is 2. The molecule has 1 aliphatic rings. The molecule has 1 heterocycles. The molecule has 1 N–H and O–H groups in total. The van der Waals surface area contributed by atoms with Gasteiger partial charge in [0.2, 0.25) is 0 Å². The van der Waals surface area contributed by atoms with Gasteiger partial charge in [-0.2, -0.15) is 0 Å². The first-order chi connectivity index (χ1) is 13.9. The third-order valence-corrected chi connectivity index (χ3v) is 5.02. The van der Waals surface area contributed by atoms with E-state index in [1.54, 1.807) is 31.2 Å². The number of urea groups is 1. The van der Waals surface area contributed by atoms with E-state index in [0.29, 0.717) is 30.2 Å². The maximum atomic E-state index is 13.1. The molecule has 3 rings (SSSR count). The number of nitrogens with zero attached hydrogens (tertiary/aromatic N) is 1. The molecular formula is C21H20FIN2O4. The lowest BCUT2D eigenvalue weighted by atomic mass is 10.1. The molecule has 6 nitrogen and oxygen atoms in total. The van der Waals surface area contributed by atoms with Gasteiger partial charge < -0.3 is 14.8 Å². The van der Waals surface area contributed by atoms with E-state index in [0.717, 1.165) is 14.0 Å². The van der Waals surface area contributed by atoms with Crippen LogP contribution in [-0.4, -0.2) is 30.0 Å². The van der Waals surface area contributed by atoms with Crippen molar-refractivity contribution in [2.45, 2.75) is 20.5 Å². The predicted octanol–water partition coefficient (Wildman–Crippen LogP) is 4.32. The van der Waals surface area contributed by atoms with Crippen LogP contribution in [0.1, 0.15) is 25.0 Å². The van der Waals surface area contributed by atoms with E-state index < -0.39 is 6.03 Å². The van der Waals surface area contributed by atoms with Crippen LogP contribution in [0.5, 0.6) is 11.5 Å². The van der Waals surface area contributed by atoms with Crippen molar-refractivity contribution in [1.29, 1.82) is 0 Å². The number of carbonyl (C=O) groups is 2. The Balaban J connectivity index is 1.86. The third-order valence-electron chi connectivity index (χ3n) is 4.22. The van der Waals surface area contributed by atoms with Gasteiger partial charge >= 0.3 is 6.03 Å². The Hall–Kier alpha value is -2.62. The Bertz CT molecular complexity index is 960. The zero-order valence-electron chi connectivity index (χ0n) is 16.0. The Labute approximate surface area is 181 Å². The zero-order chi connectivity index (χ0) is 21.0. The van der Waals surface area contributed by atoms with Crippen molar-refractivity contribution in [3.63, 3.8) is 0 Å². The SMILES string of the molecule is CCOc1cc(/C=C2/NC(=O)N(CC)C2=O)cc(I)c1OCc1ccc(F)cc1. The molecule has 0 bridgehead atoms. The second kappa shape index (κ2) is 9.25. The van der Waals surface area contributed by atoms with Gasteiger partial charge in [-0.25, -0.2) is 9.18 Å². The summed E-state index contributed by atoms with van der Waals surface area (Å²) < 4.78 is 25.5. The minimum atomic E-state index is -0.428. The maximum Gasteiger partial charge on any atom is 0.328 e. The molecule has 29 heavy (non-hydrogen) atoms. The van der Waals surface area contributed by atoms with E-state index in [1.807, 2.05) is 13.0 Å². The lowest BCUT2D eigenvalue weighted by molar-refractivity contribution is -0.122. The van der Waals surface area contributed by atoms with E-state index in [4.69, 9.17) is 9.47 Å². The zero-order valence-corrected chi connectivity index (χ0v) is 18.2. The van der Waals surface area contributed by atoms with Crippen molar-refractivity contribution in [3.05, 3.63) is 62.6 Å². The first-order valence-corrected chi connectivity index (χ1v) is 10.2. The summed E-state index contributed by atoms with van der Waals surface area (Å²) in [5.74, 6) is 0.432. The van der Waals surface area contributed by atoms with E-state index in [1.165, 1.54) is 12.1 Å². The fourth-order valence-corrected chi connectivity index (χ4v) is 3.62. The molecule has 2 aromatic carbocycles. The molecule has 0 atom stereocenters. The number of halogens is 2. The predicted molar refractivity (Wildman–Crippen MR) is 115 cm³/mol. The number of benzene rings is 2. The van der Waals surface area contributed by atoms with Gasteiger partial charge in [-0.15, -0.1) is 0 Å². The largest absolute Gasteiger partial charge is 0.490 e. The van der Waals surface area contributed by atoms with E-state index in [-0.39, 0.29) is 24.0 Å². The monoisotopic (exact) mass is 510 g/mol. The van der Waals surface area contributed by atoms with Gasteiger partial charge in [-0.05, 0) is 77.9 Å². The number of imide groups is 1. The highest BCUT2D eigenvalue weighted by atomic mass is 127. The van der Waals surface area contributed by atoms with Crippen molar-refractivity contribution < 1.29 is 23.5 Å². The number of nitrogens with one attached hydrogen (secondary N) is 1. The second-order valence-electron chi connectivity index (χ2n) is 6.22. The number of hydrogen-bond donors (Lipinski definition) is 1. The Morgan fingerprint density at radius 3 is 2.48 bits per heavy atom. The van der Waals surface area contributed by atoms with Crippen LogP contribution in [0.25, 0.3) is 6.08 Å². The summed E-state index contributed by atoms with van der Waals surface area (Å²) in [6, 6.07) is 9.26. The Kier molecular flexibility index (Phi) is 6.73. The molecule has 152 valence electrons. The molecular weight excluding hydrogens is 490 g/mol. The molecule has 0 spiro atoms. The minimum absolute atomic E-state index is 0.218. The van der Waals surface area contributed by atoms with Crippen molar-refractivity contribution in [1.82, 2.24) is 10.2 Å². The topological polar surface area (TPSA) is 67.9 Å². The number of likely N-dealkylation sites (N-methyl/N-ethyl adjacent to an activating group) is 1. The lowest BCUT2D eigenvalue weighted by Crippen LogP contribution is -2.30. The smallest absolute Gasteiger partial charge is 0.328 e. The van der Waals surface area contributed by atoms with Crippen LogP contribution in [-0.2, 0) is 11.4 Å². The molecule has 1 saturated heterocycles. The molecule has 0 radical (unpaired) electrons. The van der Waals surface area contributed by atoms with Gasteiger partial charge in [-0.3, -0.25) is 9.69 Å². The van der Waals surface area contributed by atoms with Gasteiger partial charge in [-0.1, -0.05) is 12.1 Å². The van der Waals surface area contributed by atoms with E-state index in [9.17, 15) is 14.0 Å². The third kappa shape index (κ3) is 4.87. The molecule has 0 aromatic heterocycles. The first kappa shape index (κ1) is 21.1.